The van der Waals surface area contributed by atoms with Gasteiger partial charge in [-0.05, 0) is 44.7 Å². The van der Waals surface area contributed by atoms with Crippen LogP contribution in [0.4, 0.5) is 0 Å². The third-order valence-electron chi connectivity index (χ3n) is 5.24. The van der Waals surface area contributed by atoms with E-state index in [0.29, 0.717) is 18.4 Å². The van der Waals surface area contributed by atoms with E-state index in [9.17, 15) is 4.79 Å². The molecule has 2 atom stereocenters. The van der Waals surface area contributed by atoms with Crippen LogP contribution in [0.3, 0.4) is 0 Å². The molecule has 0 unspecified atom stereocenters. The monoisotopic (exact) mass is 325 g/mol. The van der Waals surface area contributed by atoms with Crippen LogP contribution in [0.15, 0.2) is 30.3 Å². The summed E-state index contributed by atoms with van der Waals surface area (Å²) in [5.41, 5.74) is 4.05. The SMILES string of the molecule is Cc1nn(-c2ccccc2)c(C)c1CC(=O)N[C@H]1CCCC[C@@H]1C. The van der Waals surface area contributed by atoms with E-state index in [1.165, 1.54) is 19.3 Å². The van der Waals surface area contributed by atoms with E-state index in [-0.39, 0.29) is 5.91 Å². The number of carbonyl (C=O) groups is 1. The molecule has 0 aliphatic heterocycles. The molecule has 1 saturated carbocycles. The third kappa shape index (κ3) is 3.53. The first-order valence-electron chi connectivity index (χ1n) is 8.96. The van der Waals surface area contributed by atoms with Crippen molar-refractivity contribution in [2.24, 2.45) is 5.92 Å². The van der Waals surface area contributed by atoms with E-state index in [0.717, 1.165) is 29.1 Å². The molecule has 4 nitrogen and oxygen atoms in total. The summed E-state index contributed by atoms with van der Waals surface area (Å²) < 4.78 is 1.93. The van der Waals surface area contributed by atoms with Crippen molar-refractivity contribution in [3.8, 4) is 5.69 Å². The van der Waals surface area contributed by atoms with E-state index in [1.54, 1.807) is 0 Å². The Morgan fingerprint density at radius 1 is 1.21 bits per heavy atom. The molecule has 1 fully saturated rings. The summed E-state index contributed by atoms with van der Waals surface area (Å²) in [5, 5.41) is 7.88. The van der Waals surface area contributed by atoms with E-state index >= 15 is 0 Å². The van der Waals surface area contributed by atoms with Crippen LogP contribution in [-0.4, -0.2) is 21.7 Å². The van der Waals surface area contributed by atoms with Crippen LogP contribution >= 0.6 is 0 Å². The fraction of sp³-hybridized carbons (Fsp3) is 0.500. The van der Waals surface area contributed by atoms with Gasteiger partial charge in [-0.3, -0.25) is 4.79 Å². The molecular weight excluding hydrogens is 298 g/mol. The zero-order chi connectivity index (χ0) is 17.1. The maximum Gasteiger partial charge on any atom is 0.224 e. The number of hydrogen-bond donors (Lipinski definition) is 1. The second-order valence-corrected chi connectivity index (χ2v) is 7.01. The quantitative estimate of drug-likeness (QED) is 0.931. The number of amides is 1. The van der Waals surface area contributed by atoms with Crippen LogP contribution in [-0.2, 0) is 11.2 Å². The van der Waals surface area contributed by atoms with Gasteiger partial charge in [-0.2, -0.15) is 5.10 Å². The second-order valence-electron chi connectivity index (χ2n) is 7.01. The van der Waals surface area contributed by atoms with Crippen molar-refractivity contribution in [1.82, 2.24) is 15.1 Å². The molecule has 1 heterocycles. The van der Waals surface area contributed by atoms with Gasteiger partial charge in [0.2, 0.25) is 5.91 Å². The molecular formula is C20H27N3O. The molecule has 1 aromatic carbocycles. The highest BCUT2D eigenvalue weighted by Gasteiger charge is 2.24. The lowest BCUT2D eigenvalue weighted by Crippen LogP contribution is -2.41. The summed E-state index contributed by atoms with van der Waals surface area (Å²) in [5.74, 6) is 0.699. The lowest BCUT2D eigenvalue weighted by atomic mass is 9.86. The summed E-state index contributed by atoms with van der Waals surface area (Å²) in [6, 6.07) is 10.4. The van der Waals surface area contributed by atoms with Crippen molar-refractivity contribution >= 4 is 5.91 Å². The minimum atomic E-state index is 0.118. The highest BCUT2D eigenvalue weighted by Crippen LogP contribution is 2.24. The van der Waals surface area contributed by atoms with Gasteiger partial charge < -0.3 is 5.32 Å². The first-order valence-corrected chi connectivity index (χ1v) is 8.96. The maximum absolute atomic E-state index is 12.5. The number of benzene rings is 1. The van der Waals surface area contributed by atoms with Gasteiger partial charge in [-0.1, -0.05) is 38.0 Å². The first-order chi connectivity index (χ1) is 11.6. The predicted molar refractivity (Wildman–Crippen MR) is 96.3 cm³/mol. The van der Waals surface area contributed by atoms with Crippen molar-refractivity contribution in [2.45, 2.75) is 58.9 Å². The van der Waals surface area contributed by atoms with Gasteiger partial charge in [0.1, 0.15) is 0 Å². The summed E-state index contributed by atoms with van der Waals surface area (Å²) >= 11 is 0. The molecule has 0 saturated heterocycles. The minimum absolute atomic E-state index is 0.118. The Morgan fingerprint density at radius 2 is 1.92 bits per heavy atom. The molecule has 1 N–H and O–H groups in total. The predicted octanol–water partition coefficient (Wildman–Crippen LogP) is 3.73. The number of rotatable bonds is 4. The summed E-state index contributed by atoms with van der Waals surface area (Å²) in [4.78, 5) is 12.5. The van der Waals surface area contributed by atoms with Crippen molar-refractivity contribution in [3.05, 3.63) is 47.3 Å². The van der Waals surface area contributed by atoms with Crippen LogP contribution in [0.25, 0.3) is 5.69 Å². The Hall–Kier alpha value is -2.10. The standard InChI is InChI=1S/C20H27N3O/c1-14-9-7-8-12-19(14)21-20(24)13-18-15(2)22-23(16(18)3)17-10-5-4-6-11-17/h4-6,10-11,14,19H,7-9,12-13H2,1-3H3,(H,21,24)/t14-,19-/m0/s1. The number of aromatic nitrogens is 2. The Labute approximate surface area is 144 Å². The molecule has 3 rings (SSSR count). The van der Waals surface area contributed by atoms with Crippen molar-refractivity contribution in [3.63, 3.8) is 0 Å². The molecule has 2 aromatic rings. The zero-order valence-corrected chi connectivity index (χ0v) is 14.9. The average Bonchev–Trinajstić information content (AvgIpc) is 2.86. The van der Waals surface area contributed by atoms with E-state index in [2.05, 4.69) is 17.3 Å². The van der Waals surface area contributed by atoms with E-state index < -0.39 is 0 Å². The molecule has 128 valence electrons. The highest BCUT2D eigenvalue weighted by molar-refractivity contribution is 5.79. The van der Waals surface area contributed by atoms with Crippen molar-refractivity contribution < 1.29 is 4.79 Å². The molecule has 0 bridgehead atoms. The number of aryl methyl sites for hydroxylation is 1. The van der Waals surface area contributed by atoms with Gasteiger partial charge in [0, 0.05) is 17.3 Å². The number of nitrogens with zero attached hydrogens (tertiary/aromatic N) is 2. The number of carbonyl (C=O) groups excluding carboxylic acids is 1. The van der Waals surface area contributed by atoms with Crippen LogP contribution in [0.1, 0.15) is 49.6 Å². The maximum atomic E-state index is 12.5. The van der Waals surface area contributed by atoms with Crippen LogP contribution in [0.2, 0.25) is 0 Å². The fourth-order valence-corrected chi connectivity index (χ4v) is 3.70. The Bertz CT molecular complexity index is 705. The zero-order valence-electron chi connectivity index (χ0n) is 14.9. The largest absolute Gasteiger partial charge is 0.353 e. The summed E-state index contributed by atoms with van der Waals surface area (Å²) in [6.45, 7) is 6.27. The molecule has 0 radical (unpaired) electrons. The number of para-hydroxylation sites is 1. The molecule has 1 amide bonds. The third-order valence-corrected chi connectivity index (χ3v) is 5.24. The van der Waals surface area contributed by atoms with Gasteiger partial charge in [-0.25, -0.2) is 4.68 Å². The smallest absolute Gasteiger partial charge is 0.224 e. The lowest BCUT2D eigenvalue weighted by Gasteiger charge is -2.29. The molecule has 1 aliphatic rings. The lowest BCUT2D eigenvalue weighted by molar-refractivity contribution is -0.121. The minimum Gasteiger partial charge on any atom is -0.353 e. The Kier molecular flexibility index (Phi) is 5.03. The second kappa shape index (κ2) is 7.20. The topological polar surface area (TPSA) is 46.9 Å². The van der Waals surface area contributed by atoms with Crippen molar-refractivity contribution in [1.29, 1.82) is 0 Å². The molecule has 1 aliphatic carbocycles. The highest BCUT2D eigenvalue weighted by atomic mass is 16.1. The fourth-order valence-electron chi connectivity index (χ4n) is 3.70. The van der Waals surface area contributed by atoms with Gasteiger partial charge >= 0.3 is 0 Å². The van der Waals surface area contributed by atoms with Gasteiger partial charge in [-0.15, -0.1) is 0 Å². The average molecular weight is 325 g/mol. The summed E-state index contributed by atoms with van der Waals surface area (Å²) in [6.07, 6.45) is 5.24. The van der Waals surface area contributed by atoms with Crippen molar-refractivity contribution in [2.75, 3.05) is 0 Å². The van der Waals surface area contributed by atoms with E-state index in [1.807, 2.05) is 48.9 Å². The molecule has 4 heteroatoms. The molecule has 1 aromatic heterocycles. The molecule has 0 spiro atoms. The van der Waals surface area contributed by atoms with Crippen LogP contribution in [0, 0.1) is 19.8 Å². The molecule has 24 heavy (non-hydrogen) atoms. The number of nitrogens with one attached hydrogen (secondary N) is 1. The van der Waals surface area contributed by atoms with E-state index in [4.69, 9.17) is 0 Å². The Balaban J connectivity index is 1.73. The Morgan fingerprint density at radius 3 is 2.62 bits per heavy atom. The van der Waals surface area contributed by atoms with Gasteiger partial charge in [0.15, 0.2) is 0 Å². The van der Waals surface area contributed by atoms with Gasteiger partial charge in [0.25, 0.3) is 0 Å². The summed E-state index contributed by atoms with van der Waals surface area (Å²) in [7, 11) is 0. The number of hydrogen-bond acceptors (Lipinski definition) is 2. The normalized spacial score (nSPS) is 20.8. The van der Waals surface area contributed by atoms with Crippen LogP contribution < -0.4 is 5.32 Å². The van der Waals surface area contributed by atoms with Gasteiger partial charge in [0.05, 0.1) is 17.8 Å². The van der Waals surface area contributed by atoms with Crippen LogP contribution in [0.5, 0.6) is 0 Å². The first kappa shape index (κ1) is 16.7.